The Morgan fingerprint density at radius 1 is 1.54 bits per heavy atom. The lowest BCUT2D eigenvalue weighted by Crippen LogP contribution is -2.39. The standard InChI is InChI=1S/C10H17N3/c1-8-6-9(4-5-12-8)13-10(2,3)7-11/h4-6H,7,11H2,1-3H3,(H,12,13). The zero-order chi connectivity index (χ0) is 9.90. The summed E-state index contributed by atoms with van der Waals surface area (Å²) in [6, 6.07) is 3.96. The monoisotopic (exact) mass is 179 g/mol. The fourth-order valence-electron chi connectivity index (χ4n) is 1.07. The van der Waals surface area contributed by atoms with Gasteiger partial charge in [-0.2, -0.15) is 0 Å². The summed E-state index contributed by atoms with van der Waals surface area (Å²) in [5.74, 6) is 0. The third-order valence-electron chi connectivity index (χ3n) is 1.89. The highest BCUT2D eigenvalue weighted by molar-refractivity contribution is 5.45. The van der Waals surface area contributed by atoms with Crippen LogP contribution in [-0.4, -0.2) is 17.1 Å². The number of hydrogen-bond acceptors (Lipinski definition) is 3. The summed E-state index contributed by atoms with van der Waals surface area (Å²) < 4.78 is 0. The Balaban J connectivity index is 2.74. The van der Waals surface area contributed by atoms with Gasteiger partial charge in [0.15, 0.2) is 0 Å². The minimum atomic E-state index is -0.0617. The lowest BCUT2D eigenvalue weighted by atomic mass is 10.1. The summed E-state index contributed by atoms with van der Waals surface area (Å²) in [5.41, 5.74) is 7.64. The van der Waals surface area contributed by atoms with Gasteiger partial charge in [0.1, 0.15) is 0 Å². The molecule has 0 radical (unpaired) electrons. The van der Waals surface area contributed by atoms with Crippen molar-refractivity contribution in [1.29, 1.82) is 0 Å². The molecule has 1 heterocycles. The summed E-state index contributed by atoms with van der Waals surface area (Å²) in [6.07, 6.45) is 1.80. The van der Waals surface area contributed by atoms with Crippen molar-refractivity contribution in [2.45, 2.75) is 26.3 Å². The SMILES string of the molecule is Cc1cc(NC(C)(C)CN)ccn1. The van der Waals surface area contributed by atoms with Gasteiger partial charge in [0.25, 0.3) is 0 Å². The van der Waals surface area contributed by atoms with E-state index in [0.717, 1.165) is 11.4 Å². The number of hydrogen-bond donors (Lipinski definition) is 2. The van der Waals surface area contributed by atoms with E-state index in [0.29, 0.717) is 6.54 Å². The van der Waals surface area contributed by atoms with Crippen LogP contribution in [0, 0.1) is 6.92 Å². The van der Waals surface area contributed by atoms with Crippen LogP contribution in [0.5, 0.6) is 0 Å². The maximum atomic E-state index is 5.61. The van der Waals surface area contributed by atoms with Crippen molar-refractivity contribution in [2.75, 3.05) is 11.9 Å². The highest BCUT2D eigenvalue weighted by atomic mass is 15.0. The number of aromatic nitrogens is 1. The predicted octanol–water partition coefficient (Wildman–Crippen LogP) is 1.54. The lowest BCUT2D eigenvalue weighted by molar-refractivity contribution is 0.580. The molecule has 1 aromatic rings. The first-order chi connectivity index (χ1) is 6.03. The molecule has 0 amide bonds. The molecule has 0 aliphatic rings. The van der Waals surface area contributed by atoms with Gasteiger partial charge in [-0.15, -0.1) is 0 Å². The van der Waals surface area contributed by atoms with Crippen molar-refractivity contribution >= 4 is 5.69 Å². The average molecular weight is 179 g/mol. The molecule has 0 aliphatic heterocycles. The fraction of sp³-hybridized carbons (Fsp3) is 0.500. The van der Waals surface area contributed by atoms with Crippen LogP contribution in [0.25, 0.3) is 0 Å². The Hall–Kier alpha value is -1.09. The minimum absolute atomic E-state index is 0.0617. The Labute approximate surface area is 79.4 Å². The van der Waals surface area contributed by atoms with E-state index in [4.69, 9.17) is 5.73 Å². The van der Waals surface area contributed by atoms with E-state index in [1.807, 2.05) is 19.1 Å². The molecule has 1 rings (SSSR count). The zero-order valence-corrected chi connectivity index (χ0v) is 8.46. The third-order valence-corrected chi connectivity index (χ3v) is 1.89. The second kappa shape index (κ2) is 3.75. The van der Waals surface area contributed by atoms with Crippen LogP contribution in [0.4, 0.5) is 5.69 Å². The van der Waals surface area contributed by atoms with Crippen molar-refractivity contribution in [3.63, 3.8) is 0 Å². The molecule has 0 saturated heterocycles. The molecule has 0 saturated carbocycles. The first-order valence-electron chi connectivity index (χ1n) is 4.44. The van der Waals surface area contributed by atoms with Gasteiger partial charge in [0.2, 0.25) is 0 Å². The van der Waals surface area contributed by atoms with E-state index >= 15 is 0 Å². The summed E-state index contributed by atoms with van der Waals surface area (Å²) in [5, 5.41) is 3.34. The van der Waals surface area contributed by atoms with Gasteiger partial charge in [-0.25, -0.2) is 0 Å². The first kappa shape index (κ1) is 9.99. The summed E-state index contributed by atoms with van der Waals surface area (Å²) in [6.45, 7) is 6.72. The molecule has 0 bridgehead atoms. The molecule has 72 valence electrons. The van der Waals surface area contributed by atoms with Gasteiger partial charge in [0.05, 0.1) is 0 Å². The molecule has 0 spiro atoms. The van der Waals surface area contributed by atoms with E-state index < -0.39 is 0 Å². The average Bonchev–Trinajstić information content (AvgIpc) is 2.03. The van der Waals surface area contributed by atoms with Crippen LogP contribution in [0.15, 0.2) is 18.3 Å². The zero-order valence-electron chi connectivity index (χ0n) is 8.46. The van der Waals surface area contributed by atoms with Gasteiger partial charge in [-0.3, -0.25) is 4.98 Å². The van der Waals surface area contributed by atoms with Crippen LogP contribution in [0.3, 0.4) is 0 Å². The van der Waals surface area contributed by atoms with E-state index in [-0.39, 0.29) is 5.54 Å². The number of pyridine rings is 1. The number of aryl methyl sites for hydroxylation is 1. The van der Waals surface area contributed by atoms with Gasteiger partial charge >= 0.3 is 0 Å². The molecule has 0 aromatic carbocycles. The predicted molar refractivity (Wildman–Crippen MR) is 55.7 cm³/mol. The number of nitrogens with one attached hydrogen (secondary N) is 1. The number of rotatable bonds is 3. The van der Waals surface area contributed by atoms with E-state index in [1.54, 1.807) is 6.20 Å². The summed E-state index contributed by atoms with van der Waals surface area (Å²) >= 11 is 0. The Morgan fingerprint density at radius 2 is 2.23 bits per heavy atom. The maximum Gasteiger partial charge on any atom is 0.0439 e. The Kier molecular flexibility index (Phi) is 2.88. The maximum absolute atomic E-state index is 5.61. The van der Waals surface area contributed by atoms with Crippen molar-refractivity contribution in [2.24, 2.45) is 5.73 Å². The van der Waals surface area contributed by atoms with Gasteiger partial charge in [0, 0.05) is 29.7 Å². The van der Waals surface area contributed by atoms with E-state index in [1.165, 1.54) is 0 Å². The number of nitrogens with zero attached hydrogens (tertiary/aromatic N) is 1. The Bertz CT molecular complexity index is 281. The largest absolute Gasteiger partial charge is 0.379 e. The van der Waals surface area contributed by atoms with Crippen LogP contribution in [0.2, 0.25) is 0 Å². The number of nitrogens with two attached hydrogens (primary N) is 1. The minimum Gasteiger partial charge on any atom is -0.379 e. The molecule has 0 fully saturated rings. The summed E-state index contributed by atoms with van der Waals surface area (Å²) in [7, 11) is 0. The van der Waals surface area contributed by atoms with E-state index in [2.05, 4.69) is 24.1 Å². The molecule has 1 aromatic heterocycles. The van der Waals surface area contributed by atoms with Gasteiger partial charge in [-0.1, -0.05) is 0 Å². The molecular weight excluding hydrogens is 162 g/mol. The van der Waals surface area contributed by atoms with Crippen LogP contribution < -0.4 is 11.1 Å². The fourth-order valence-corrected chi connectivity index (χ4v) is 1.07. The van der Waals surface area contributed by atoms with Crippen molar-refractivity contribution in [3.05, 3.63) is 24.0 Å². The normalized spacial score (nSPS) is 11.4. The van der Waals surface area contributed by atoms with Gasteiger partial charge < -0.3 is 11.1 Å². The lowest BCUT2D eigenvalue weighted by Gasteiger charge is -2.25. The molecular formula is C10H17N3. The van der Waals surface area contributed by atoms with Crippen LogP contribution in [-0.2, 0) is 0 Å². The second-order valence-electron chi connectivity index (χ2n) is 3.90. The third kappa shape index (κ3) is 3.03. The molecule has 13 heavy (non-hydrogen) atoms. The number of anilines is 1. The topological polar surface area (TPSA) is 50.9 Å². The highest BCUT2D eigenvalue weighted by Crippen LogP contribution is 2.13. The smallest absolute Gasteiger partial charge is 0.0439 e. The first-order valence-corrected chi connectivity index (χ1v) is 4.44. The van der Waals surface area contributed by atoms with Crippen molar-refractivity contribution in [1.82, 2.24) is 4.98 Å². The Morgan fingerprint density at radius 3 is 2.77 bits per heavy atom. The molecule has 0 atom stereocenters. The molecule has 3 heteroatoms. The highest BCUT2D eigenvalue weighted by Gasteiger charge is 2.14. The molecule has 3 N–H and O–H groups in total. The molecule has 0 aliphatic carbocycles. The van der Waals surface area contributed by atoms with Crippen molar-refractivity contribution in [3.8, 4) is 0 Å². The van der Waals surface area contributed by atoms with Crippen molar-refractivity contribution < 1.29 is 0 Å². The summed E-state index contributed by atoms with van der Waals surface area (Å²) in [4.78, 5) is 4.12. The quantitative estimate of drug-likeness (QED) is 0.740. The second-order valence-corrected chi connectivity index (χ2v) is 3.90. The molecule has 3 nitrogen and oxygen atoms in total. The van der Waals surface area contributed by atoms with Gasteiger partial charge in [-0.05, 0) is 32.9 Å². The van der Waals surface area contributed by atoms with Crippen LogP contribution >= 0.6 is 0 Å². The van der Waals surface area contributed by atoms with Crippen LogP contribution in [0.1, 0.15) is 19.5 Å². The van der Waals surface area contributed by atoms with E-state index in [9.17, 15) is 0 Å². The molecule has 0 unspecified atom stereocenters.